The number of methoxy groups -OCH3 is 1. The molecule has 21 heavy (non-hydrogen) atoms. The second kappa shape index (κ2) is 6.59. The van der Waals surface area contributed by atoms with E-state index in [4.69, 9.17) is 4.74 Å². The van der Waals surface area contributed by atoms with Crippen LogP contribution < -0.4 is 4.80 Å². The SMILES string of the molecule is CCC(=O)N=c1sc2ccc([N+](=O)[O-])cc2n1CCOC. The second-order valence-electron chi connectivity index (χ2n) is 4.30. The van der Waals surface area contributed by atoms with Gasteiger partial charge in [-0.1, -0.05) is 18.3 Å². The Labute approximate surface area is 124 Å². The third-order valence-corrected chi connectivity index (χ3v) is 3.98. The Kier molecular flexibility index (Phi) is 4.81. The van der Waals surface area contributed by atoms with E-state index < -0.39 is 4.92 Å². The van der Waals surface area contributed by atoms with Crippen LogP contribution in [0.5, 0.6) is 0 Å². The number of hydrogen-bond acceptors (Lipinski definition) is 5. The number of hydrogen-bond donors (Lipinski definition) is 0. The average Bonchev–Trinajstić information content (AvgIpc) is 2.81. The topological polar surface area (TPSA) is 86.7 Å². The van der Waals surface area contributed by atoms with Gasteiger partial charge in [0.1, 0.15) is 0 Å². The van der Waals surface area contributed by atoms with Crippen LogP contribution in [-0.4, -0.2) is 29.1 Å². The first-order valence-corrected chi connectivity index (χ1v) is 7.22. The largest absolute Gasteiger partial charge is 0.383 e. The second-order valence-corrected chi connectivity index (χ2v) is 5.31. The van der Waals surface area contributed by atoms with Crippen molar-refractivity contribution >= 4 is 33.1 Å². The first-order valence-electron chi connectivity index (χ1n) is 6.41. The molecule has 0 spiro atoms. The quantitative estimate of drug-likeness (QED) is 0.625. The van der Waals surface area contributed by atoms with E-state index >= 15 is 0 Å². The lowest BCUT2D eigenvalue weighted by Gasteiger charge is -2.03. The molecule has 0 N–H and O–H groups in total. The van der Waals surface area contributed by atoms with E-state index in [9.17, 15) is 14.9 Å². The zero-order valence-electron chi connectivity index (χ0n) is 11.7. The number of carbonyl (C=O) groups is 1. The Morgan fingerprint density at radius 1 is 1.52 bits per heavy atom. The summed E-state index contributed by atoms with van der Waals surface area (Å²) in [7, 11) is 1.57. The number of non-ortho nitro benzene ring substituents is 1. The molecule has 1 aromatic heterocycles. The zero-order valence-corrected chi connectivity index (χ0v) is 12.6. The maximum atomic E-state index is 11.5. The Morgan fingerprint density at radius 2 is 2.29 bits per heavy atom. The Hall–Kier alpha value is -2.06. The lowest BCUT2D eigenvalue weighted by atomic mass is 10.3. The minimum atomic E-state index is -0.439. The van der Waals surface area contributed by atoms with E-state index in [1.54, 1.807) is 24.7 Å². The number of amides is 1. The summed E-state index contributed by atoms with van der Waals surface area (Å²) in [6.07, 6.45) is 0.318. The smallest absolute Gasteiger partial charge is 0.271 e. The molecule has 0 radical (unpaired) electrons. The zero-order chi connectivity index (χ0) is 15.4. The van der Waals surface area contributed by atoms with Crippen LogP contribution in [0.2, 0.25) is 0 Å². The van der Waals surface area contributed by atoms with Crippen LogP contribution in [0, 0.1) is 10.1 Å². The number of thiazole rings is 1. The normalized spacial score (nSPS) is 12.0. The maximum absolute atomic E-state index is 11.5. The van der Waals surface area contributed by atoms with Crippen LogP contribution in [0.25, 0.3) is 10.2 Å². The van der Waals surface area contributed by atoms with Crippen molar-refractivity contribution in [1.29, 1.82) is 0 Å². The summed E-state index contributed by atoms with van der Waals surface area (Å²) >= 11 is 1.34. The first-order chi connectivity index (χ1) is 10.1. The van der Waals surface area contributed by atoms with Crippen molar-refractivity contribution in [1.82, 2.24) is 4.57 Å². The molecule has 0 aliphatic heterocycles. The van der Waals surface area contributed by atoms with Crippen molar-refractivity contribution in [3.05, 3.63) is 33.1 Å². The van der Waals surface area contributed by atoms with Crippen molar-refractivity contribution in [3.63, 3.8) is 0 Å². The van der Waals surface area contributed by atoms with E-state index in [1.807, 2.05) is 0 Å². The summed E-state index contributed by atoms with van der Waals surface area (Å²) in [5, 5.41) is 10.9. The molecule has 0 aliphatic rings. The highest BCUT2D eigenvalue weighted by atomic mass is 32.1. The predicted molar refractivity (Wildman–Crippen MR) is 79.2 cm³/mol. The molecule has 1 amide bonds. The number of nitro groups is 1. The fourth-order valence-electron chi connectivity index (χ4n) is 1.84. The first kappa shape index (κ1) is 15.3. The van der Waals surface area contributed by atoms with E-state index in [1.165, 1.54) is 23.5 Å². The van der Waals surface area contributed by atoms with Crippen molar-refractivity contribution < 1.29 is 14.5 Å². The maximum Gasteiger partial charge on any atom is 0.271 e. The van der Waals surface area contributed by atoms with Gasteiger partial charge in [-0.3, -0.25) is 14.9 Å². The van der Waals surface area contributed by atoms with Crippen LogP contribution in [0.1, 0.15) is 13.3 Å². The van der Waals surface area contributed by atoms with Gasteiger partial charge < -0.3 is 9.30 Å². The van der Waals surface area contributed by atoms with Crippen molar-refractivity contribution in [2.24, 2.45) is 4.99 Å². The molecule has 0 unspecified atom stereocenters. The van der Waals surface area contributed by atoms with Gasteiger partial charge in [-0.2, -0.15) is 4.99 Å². The number of aromatic nitrogens is 1. The summed E-state index contributed by atoms with van der Waals surface area (Å²) in [5.41, 5.74) is 0.703. The molecule has 0 bridgehead atoms. The molecule has 1 aromatic carbocycles. The number of nitro benzene ring substituents is 1. The highest BCUT2D eigenvalue weighted by molar-refractivity contribution is 7.16. The summed E-state index contributed by atoms with van der Waals surface area (Å²) in [6.45, 7) is 2.65. The van der Waals surface area contributed by atoms with Gasteiger partial charge in [0.2, 0.25) is 5.91 Å². The van der Waals surface area contributed by atoms with Crippen molar-refractivity contribution in [2.45, 2.75) is 19.9 Å². The number of carbonyl (C=O) groups excluding carboxylic acids is 1. The third-order valence-electron chi connectivity index (χ3n) is 2.92. The van der Waals surface area contributed by atoms with Gasteiger partial charge in [-0.15, -0.1) is 0 Å². The minimum absolute atomic E-state index is 0.0137. The van der Waals surface area contributed by atoms with Crippen LogP contribution >= 0.6 is 11.3 Å². The summed E-state index contributed by atoms with van der Waals surface area (Å²) < 4.78 is 7.68. The van der Waals surface area contributed by atoms with Gasteiger partial charge in [0.05, 0.1) is 21.7 Å². The number of benzene rings is 1. The molecular formula is C13H15N3O4S. The van der Waals surface area contributed by atoms with E-state index in [0.717, 1.165) is 4.70 Å². The fraction of sp³-hybridized carbons (Fsp3) is 0.385. The van der Waals surface area contributed by atoms with Gasteiger partial charge in [0.25, 0.3) is 5.69 Å². The Balaban J connectivity index is 2.65. The number of nitrogens with zero attached hydrogens (tertiary/aromatic N) is 3. The molecule has 0 aliphatic carbocycles. The van der Waals surface area contributed by atoms with Crippen molar-refractivity contribution in [3.8, 4) is 0 Å². The summed E-state index contributed by atoms with van der Waals surface area (Å²) in [6, 6.07) is 4.62. The fourth-order valence-corrected chi connectivity index (χ4v) is 2.89. The van der Waals surface area contributed by atoms with Gasteiger partial charge in [-0.25, -0.2) is 0 Å². The molecular weight excluding hydrogens is 294 g/mol. The molecule has 1 heterocycles. The molecule has 7 nitrogen and oxygen atoms in total. The molecule has 0 fully saturated rings. The highest BCUT2D eigenvalue weighted by Crippen LogP contribution is 2.23. The van der Waals surface area contributed by atoms with Gasteiger partial charge >= 0.3 is 0 Å². The monoisotopic (exact) mass is 309 g/mol. The average molecular weight is 309 g/mol. The number of ether oxygens (including phenoxy) is 1. The van der Waals surface area contributed by atoms with Crippen LogP contribution in [0.15, 0.2) is 23.2 Å². The van der Waals surface area contributed by atoms with Gasteiger partial charge in [0.15, 0.2) is 4.80 Å². The minimum Gasteiger partial charge on any atom is -0.383 e. The number of fused-ring (bicyclic) bond motifs is 1. The third kappa shape index (κ3) is 3.34. The summed E-state index contributed by atoms with van der Waals surface area (Å²) in [5.74, 6) is -0.220. The molecule has 8 heteroatoms. The van der Waals surface area contributed by atoms with Gasteiger partial charge in [0, 0.05) is 32.2 Å². The molecule has 2 aromatic rings. The molecule has 0 atom stereocenters. The molecule has 112 valence electrons. The van der Waals surface area contributed by atoms with Crippen LogP contribution in [0.4, 0.5) is 5.69 Å². The molecule has 0 saturated carbocycles. The number of rotatable bonds is 5. The predicted octanol–water partition coefficient (Wildman–Crippen LogP) is 2.09. The van der Waals surface area contributed by atoms with Crippen molar-refractivity contribution in [2.75, 3.05) is 13.7 Å². The van der Waals surface area contributed by atoms with E-state index in [-0.39, 0.29) is 11.6 Å². The Morgan fingerprint density at radius 3 is 2.90 bits per heavy atom. The Bertz CT molecular complexity index is 747. The van der Waals surface area contributed by atoms with E-state index in [2.05, 4.69) is 4.99 Å². The highest BCUT2D eigenvalue weighted by Gasteiger charge is 2.12. The van der Waals surface area contributed by atoms with Crippen LogP contribution in [-0.2, 0) is 16.1 Å². The molecule has 0 saturated heterocycles. The standard InChI is InChI=1S/C13H15N3O4S/c1-3-12(17)14-13-15(6-7-20-2)10-8-9(16(18)19)4-5-11(10)21-13/h4-5,8H,3,6-7H2,1-2H3. The molecule has 2 rings (SSSR count). The lowest BCUT2D eigenvalue weighted by Crippen LogP contribution is -2.19. The van der Waals surface area contributed by atoms with Gasteiger partial charge in [-0.05, 0) is 6.07 Å². The van der Waals surface area contributed by atoms with Crippen LogP contribution in [0.3, 0.4) is 0 Å². The lowest BCUT2D eigenvalue weighted by molar-refractivity contribution is -0.384. The summed E-state index contributed by atoms with van der Waals surface area (Å²) in [4.78, 5) is 26.6. The van der Waals surface area contributed by atoms with E-state index in [0.29, 0.717) is 29.9 Å².